The Labute approximate surface area is 173 Å². The molecule has 0 fully saturated rings. The largest absolute Gasteiger partial charge is 0.490 e. The maximum atomic E-state index is 12.3. The number of aryl methyl sites for hydroxylation is 1. The highest BCUT2D eigenvalue weighted by molar-refractivity contribution is 6.13. The van der Waals surface area contributed by atoms with Crippen LogP contribution in [-0.4, -0.2) is 30.0 Å². The summed E-state index contributed by atoms with van der Waals surface area (Å²) in [6.07, 6.45) is 3.21. The molecule has 0 aromatic heterocycles. The van der Waals surface area contributed by atoms with Gasteiger partial charge in [0.1, 0.15) is 6.61 Å². The Kier molecular flexibility index (Phi) is 6.26. The van der Waals surface area contributed by atoms with Crippen LogP contribution in [0.25, 0.3) is 6.08 Å². The van der Waals surface area contributed by atoms with E-state index in [1.165, 1.54) is 12.1 Å². The van der Waals surface area contributed by atoms with Crippen LogP contribution in [0, 0.1) is 17.0 Å². The number of nitro benzene ring substituents is 1. The highest BCUT2D eigenvalue weighted by atomic mass is 16.6. The monoisotopic (exact) mass is 408 g/mol. The number of esters is 1. The fourth-order valence-corrected chi connectivity index (χ4v) is 2.83. The standard InChI is InChI=1S/C22H20N2O6/c1-4-10-29-19-9-6-15(13-20(19)28-5-2)12-17-22(25)30-21(23-17)16-7-8-18(24(26)27)14(3)11-16/h4,6-9,11-13H,1,5,10H2,2-3H3/b17-12-. The van der Waals surface area contributed by atoms with E-state index < -0.39 is 10.9 Å². The van der Waals surface area contributed by atoms with Crippen molar-refractivity contribution < 1.29 is 23.9 Å². The first kappa shape index (κ1) is 20.8. The van der Waals surface area contributed by atoms with Crippen LogP contribution in [-0.2, 0) is 9.53 Å². The van der Waals surface area contributed by atoms with Crippen LogP contribution in [0.2, 0.25) is 0 Å². The molecule has 3 rings (SSSR count). The van der Waals surface area contributed by atoms with Gasteiger partial charge in [-0.2, -0.15) is 0 Å². The maximum absolute atomic E-state index is 12.3. The first-order valence-electron chi connectivity index (χ1n) is 9.21. The molecule has 8 heteroatoms. The van der Waals surface area contributed by atoms with Crippen molar-refractivity contribution >= 4 is 23.6 Å². The van der Waals surface area contributed by atoms with Crippen molar-refractivity contribution in [2.75, 3.05) is 13.2 Å². The fourth-order valence-electron chi connectivity index (χ4n) is 2.83. The zero-order valence-corrected chi connectivity index (χ0v) is 16.6. The molecule has 0 atom stereocenters. The predicted molar refractivity (Wildman–Crippen MR) is 112 cm³/mol. The van der Waals surface area contributed by atoms with Crippen LogP contribution in [0.3, 0.4) is 0 Å². The summed E-state index contributed by atoms with van der Waals surface area (Å²) in [4.78, 5) is 27.0. The molecule has 0 aliphatic carbocycles. The molecule has 0 unspecified atom stereocenters. The molecule has 154 valence electrons. The predicted octanol–water partition coefficient (Wildman–Crippen LogP) is 4.21. The summed E-state index contributed by atoms with van der Waals surface area (Å²) in [5.74, 6) is 0.597. The Bertz CT molecular complexity index is 1070. The molecule has 0 bridgehead atoms. The molecular formula is C22H20N2O6. The number of nitro groups is 1. The van der Waals surface area contributed by atoms with Crippen LogP contribution in [0.4, 0.5) is 5.69 Å². The number of cyclic esters (lactones) is 1. The van der Waals surface area contributed by atoms with Gasteiger partial charge in [0, 0.05) is 17.2 Å². The number of aliphatic imine (C=N–C) groups is 1. The number of nitrogens with zero attached hydrogens (tertiary/aromatic N) is 2. The minimum atomic E-state index is -0.606. The van der Waals surface area contributed by atoms with Gasteiger partial charge in [-0.1, -0.05) is 18.7 Å². The number of carbonyl (C=O) groups is 1. The van der Waals surface area contributed by atoms with E-state index in [-0.39, 0.29) is 17.3 Å². The van der Waals surface area contributed by atoms with E-state index >= 15 is 0 Å². The van der Waals surface area contributed by atoms with Gasteiger partial charge in [-0.25, -0.2) is 9.79 Å². The minimum Gasteiger partial charge on any atom is -0.490 e. The number of hydrogen-bond donors (Lipinski definition) is 0. The lowest BCUT2D eigenvalue weighted by Gasteiger charge is -2.11. The Morgan fingerprint density at radius 2 is 2.00 bits per heavy atom. The van der Waals surface area contributed by atoms with Gasteiger partial charge in [0.25, 0.3) is 5.69 Å². The molecule has 1 aliphatic heterocycles. The molecule has 2 aromatic rings. The second-order valence-corrected chi connectivity index (χ2v) is 6.33. The summed E-state index contributed by atoms with van der Waals surface area (Å²) in [6.45, 7) is 7.89. The van der Waals surface area contributed by atoms with Gasteiger partial charge in [0.05, 0.1) is 11.5 Å². The zero-order valence-electron chi connectivity index (χ0n) is 16.6. The van der Waals surface area contributed by atoms with E-state index in [9.17, 15) is 14.9 Å². The smallest absolute Gasteiger partial charge is 0.363 e. The summed E-state index contributed by atoms with van der Waals surface area (Å²) in [5, 5.41) is 11.0. The fraction of sp³-hybridized carbons (Fsp3) is 0.182. The molecule has 0 saturated carbocycles. The lowest BCUT2D eigenvalue weighted by molar-refractivity contribution is -0.385. The quantitative estimate of drug-likeness (QED) is 0.213. The van der Waals surface area contributed by atoms with Gasteiger partial charge in [0.2, 0.25) is 5.90 Å². The number of hydrogen-bond acceptors (Lipinski definition) is 7. The molecule has 0 radical (unpaired) electrons. The van der Waals surface area contributed by atoms with Gasteiger partial charge in [0.15, 0.2) is 17.2 Å². The topological polar surface area (TPSA) is 100 Å². The van der Waals surface area contributed by atoms with Gasteiger partial charge in [-0.3, -0.25) is 10.1 Å². The molecule has 30 heavy (non-hydrogen) atoms. The van der Waals surface area contributed by atoms with Crippen molar-refractivity contribution in [1.29, 1.82) is 0 Å². The Hall–Kier alpha value is -3.94. The van der Waals surface area contributed by atoms with E-state index in [4.69, 9.17) is 14.2 Å². The van der Waals surface area contributed by atoms with Crippen LogP contribution >= 0.6 is 0 Å². The molecular weight excluding hydrogens is 388 g/mol. The number of ether oxygens (including phenoxy) is 3. The first-order valence-corrected chi connectivity index (χ1v) is 9.21. The second-order valence-electron chi connectivity index (χ2n) is 6.33. The summed E-state index contributed by atoms with van der Waals surface area (Å²) in [6, 6.07) is 9.67. The third-order valence-electron chi connectivity index (χ3n) is 4.19. The number of benzene rings is 2. The summed E-state index contributed by atoms with van der Waals surface area (Å²) >= 11 is 0. The molecule has 8 nitrogen and oxygen atoms in total. The SMILES string of the molecule is C=CCOc1ccc(/C=C2\N=C(c3ccc([N+](=O)[O-])c(C)c3)OC2=O)cc1OCC. The van der Waals surface area contributed by atoms with Crippen molar-refractivity contribution in [2.45, 2.75) is 13.8 Å². The van der Waals surface area contributed by atoms with Crippen LogP contribution in [0.5, 0.6) is 11.5 Å². The lowest BCUT2D eigenvalue weighted by atomic mass is 10.1. The molecule has 1 aliphatic rings. The second kappa shape index (κ2) is 9.04. The molecule has 2 aromatic carbocycles. The van der Waals surface area contributed by atoms with Crippen molar-refractivity contribution in [3.63, 3.8) is 0 Å². The average Bonchev–Trinajstić information content (AvgIpc) is 3.07. The molecule has 0 amide bonds. The Morgan fingerprint density at radius 1 is 1.20 bits per heavy atom. The molecule has 0 spiro atoms. The molecule has 0 saturated heterocycles. The van der Waals surface area contributed by atoms with Crippen molar-refractivity contribution in [3.05, 3.63) is 81.6 Å². The highest BCUT2D eigenvalue weighted by Gasteiger charge is 2.25. The third kappa shape index (κ3) is 4.54. The minimum absolute atomic E-state index is 0.0124. The van der Waals surface area contributed by atoms with Gasteiger partial charge < -0.3 is 14.2 Å². The van der Waals surface area contributed by atoms with Crippen LogP contribution < -0.4 is 9.47 Å². The first-order chi connectivity index (χ1) is 14.4. The van der Waals surface area contributed by atoms with E-state index in [0.29, 0.717) is 41.4 Å². The lowest BCUT2D eigenvalue weighted by Crippen LogP contribution is -2.06. The molecule has 0 N–H and O–H groups in total. The molecule has 1 heterocycles. The summed E-state index contributed by atoms with van der Waals surface area (Å²) in [7, 11) is 0. The normalized spacial score (nSPS) is 14.3. The van der Waals surface area contributed by atoms with Crippen molar-refractivity contribution in [1.82, 2.24) is 0 Å². The van der Waals surface area contributed by atoms with Gasteiger partial charge >= 0.3 is 5.97 Å². The highest BCUT2D eigenvalue weighted by Crippen LogP contribution is 2.30. The van der Waals surface area contributed by atoms with Crippen LogP contribution in [0.1, 0.15) is 23.6 Å². The average molecular weight is 408 g/mol. The van der Waals surface area contributed by atoms with E-state index in [2.05, 4.69) is 11.6 Å². The maximum Gasteiger partial charge on any atom is 0.363 e. The number of carbonyl (C=O) groups excluding carboxylic acids is 1. The van der Waals surface area contributed by atoms with E-state index in [0.717, 1.165) is 0 Å². The van der Waals surface area contributed by atoms with E-state index in [1.54, 1.807) is 43.3 Å². The summed E-state index contributed by atoms with van der Waals surface area (Å²) in [5.41, 5.74) is 1.72. The third-order valence-corrected chi connectivity index (χ3v) is 4.19. The van der Waals surface area contributed by atoms with E-state index in [1.807, 2.05) is 6.92 Å². The van der Waals surface area contributed by atoms with Gasteiger partial charge in [-0.15, -0.1) is 0 Å². The van der Waals surface area contributed by atoms with Gasteiger partial charge in [-0.05, 0) is 49.8 Å². The van der Waals surface area contributed by atoms with Crippen LogP contribution in [0.15, 0.2) is 59.7 Å². The number of rotatable bonds is 8. The Morgan fingerprint density at radius 3 is 2.67 bits per heavy atom. The Balaban J connectivity index is 1.90. The zero-order chi connectivity index (χ0) is 21.7. The van der Waals surface area contributed by atoms with Crippen molar-refractivity contribution in [3.8, 4) is 11.5 Å². The summed E-state index contributed by atoms with van der Waals surface area (Å²) < 4.78 is 16.4. The van der Waals surface area contributed by atoms with Crippen molar-refractivity contribution in [2.24, 2.45) is 4.99 Å².